The number of thiophene rings is 1. The number of benzene rings is 1. The fourth-order valence-corrected chi connectivity index (χ4v) is 4.41. The summed E-state index contributed by atoms with van der Waals surface area (Å²) in [6.45, 7) is 4.37. The zero-order valence-electron chi connectivity index (χ0n) is 13.9. The van der Waals surface area contributed by atoms with Crippen LogP contribution < -0.4 is 10.6 Å². The normalized spacial score (nSPS) is 17.3. The third kappa shape index (κ3) is 3.29. The second-order valence-electron chi connectivity index (χ2n) is 6.33. The van der Waals surface area contributed by atoms with Crippen LogP contribution >= 0.6 is 22.9 Å². The predicted octanol–water partition coefficient (Wildman–Crippen LogP) is 3.20. The molecular weight excluding hydrogens is 356 g/mol. The maximum absolute atomic E-state index is 12.5. The average molecular weight is 375 g/mol. The Bertz CT molecular complexity index is 926. The standard InChI is InChI=1S/C18H19ClN4OS/c1-11-14-8-16(17(24)21-13-6-7-20-9-13)25-18(14)23(22-11)10-12-4-2-3-5-15(12)19/h2-5,8,13,20H,6-7,9-10H2,1H3,(H,21,24)/t13-/m1/s1. The minimum absolute atomic E-state index is 0.00130. The number of hydrogen-bond donors (Lipinski definition) is 2. The maximum Gasteiger partial charge on any atom is 0.261 e. The number of halogens is 1. The Labute approximate surface area is 155 Å². The number of rotatable bonds is 4. The van der Waals surface area contributed by atoms with Crippen LogP contribution in [-0.2, 0) is 6.54 Å². The van der Waals surface area contributed by atoms with Crippen LogP contribution in [0.25, 0.3) is 10.2 Å². The summed E-state index contributed by atoms with van der Waals surface area (Å²) in [6, 6.07) is 9.94. The first-order valence-electron chi connectivity index (χ1n) is 8.34. The van der Waals surface area contributed by atoms with E-state index in [0.29, 0.717) is 6.54 Å². The van der Waals surface area contributed by atoms with Crippen molar-refractivity contribution in [3.8, 4) is 0 Å². The Kier molecular flexibility index (Phi) is 4.50. The van der Waals surface area contributed by atoms with E-state index >= 15 is 0 Å². The molecule has 1 aliphatic rings. The molecule has 130 valence electrons. The van der Waals surface area contributed by atoms with Gasteiger partial charge in [-0.05, 0) is 37.6 Å². The molecule has 4 rings (SSSR count). The quantitative estimate of drug-likeness (QED) is 0.737. The molecule has 0 bridgehead atoms. The zero-order valence-corrected chi connectivity index (χ0v) is 15.5. The van der Waals surface area contributed by atoms with Crippen molar-refractivity contribution in [2.45, 2.75) is 25.9 Å². The number of aryl methyl sites for hydroxylation is 1. The van der Waals surface area contributed by atoms with E-state index in [9.17, 15) is 4.79 Å². The molecule has 1 aromatic carbocycles. The van der Waals surface area contributed by atoms with Crippen molar-refractivity contribution in [1.82, 2.24) is 20.4 Å². The highest BCUT2D eigenvalue weighted by molar-refractivity contribution is 7.20. The summed E-state index contributed by atoms with van der Waals surface area (Å²) in [5, 5.41) is 12.7. The summed E-state index contributed by atoms with van der Waals surface area (Å²) in [5.41, 5.74) is 1.95. The molecule has 2 aromatic heterocycles. The highest BCUT2D eigenvalue weighted by Gasteiger charge is 2.21. The summed E-state index contributed by atoms with van der Waals surface area (Å²) in [6.07, 6.45) is 0.982. The molecule has 0 spiro atoms. The van der Waals surface area contributed by atoms with Crippen LogP contribution in [-0.4, -0.2) is 34.8 Å². The number of carbonyl (C=O) groups excluding carboxylic acids is 1. The monoisotopic (exact) mass is 374 g/mol. The van der Waals surface area contributed by atoms with E-state index in [0.717, 1.165) is 50.9 Å². The molecule has 2 N–H and O–H groups in total. The van der Waals surface area contributed by atoms with Gasteiger partial charge in [-0.2, -0.15) is 5.10 Å². The first-order valence-corrected chi connectivity index (χ1v) is 9.53. The lowest BCUT2D eigenvalue weighted by atomic mass is 10.2. The SMILES string of the molecule is Cc1nn(Cc2ccccc2Cl)c2sc(C(=O)N[C@@H]3CCNC3)cc12. The van der Waals surface area contributed by atoms with Crippen molar-refractivity contribution in [1.29, 1.82) is 0 Å². The van der Waals surface area contributed by atoms with Crippen LogP contribution in [0.2, 0.25) is 5.02 Å². The van der Waals surface area contributed by atoms with Gasteiger partial charge >= 0.3 is 0 Å². The van der Waals surface area contributed by atoms with Crippen molar-refractivity contribution in [2.75, 3.05) is 13.1 Å². The first-order chi connectivity index (χ1) is 12.1. The Morgan fingerprint density at radius 1 is 1.48 bits per heavy atom. The Balaban J connectivity index is 1.62. The van der Waals surface area contributed by atoms with E-state index in [1.54, 1.807) is 0 Å². The summed E-state index contributed by atoms with van der Waals surface area (Å²) in [4.78, 5) is 14.3. The van der Waals surface area contributed by atoms with Crippen LogP contribution in [0, 0.1) is 6.92 Å². The number of carbonyl (C=O) groups is 1. The van der Waals surface area contributed by atoms with Gasteiger partial charge in [0.1, 0.15) is 4.83 Å². The van der Waals surface area contributed by atoms with Gasteiger partial charge in [0.05, 0.1) is 17.1 Å². The molecule has 0 aliphatic carbocycles. The second kappa shape index (κ2) is 6.78. The van der Waals surface area contributed by atoms with Crippen molar-refractivity contribution < 1.29 is 4.79 Å². The zero-order chi connectivity index (χ0) is 17.4. The highest BCUT2D eigenvalue weighted by Crippen LogP contribution is 2.29. The predicted molar refractivity (Wildman–Crippen MR) is 102 cm³/mol. The molecule has 0 unspecified atom stereocenters. The molecule has 25 heavy (non-hydrogen) atoms. The number of nitrogens with zero attached hydrogens (tertiary/aromatic N) is 2. The fraction of sp³-hybridized carbons (Fsp3) is 0.333. The average Bonchev–Trinajstić information content (AvgIpc) is 3.29. The summed E-state index contributed by atoms with van der Waals surface area (Å²) in [7, 11) is 0. The van der Waals surface area contributed by atoms with E-state index in [1.165, 1.54) is 11.3 Å². The van der Waals surface area contributed by atoms with Gasteiger partial charge in [0.15, 0.2) is 0 Å². The fourth-order valence-electron chi connectivity index (χ4n) is 3.15. The first kappa shape index (κ1) is 16.6. The molecule has 1 aliphatic heterocycles. The van der Waals surface area contributed by atoms with Gasteiger partial charge < -0.3 is 10.6 Å². The van der Waals surface area contributed by atoms with Gasteiger partial charge in [-0.1, -0.05) is 29.8 Å². The number of nitrogens with one attached hydrogen (secondary N) is 2. The third-order valence-corrected chi connectivity index (χ3v) is 6.02. The summed E-state index contributed by atoms with van der Waals surface area (Å²) in [5.74, 6) is -0.00130. The van der Waals surface area contributed by atoms with Crippen molar-refractivity contribution >= 4 is 39.1 Å². The number of aromatic nitrogens is 2. The van der Waals surface area contributed by atoms with Crippen LogP contribution in [0.15, 0.2) is 30.3 Å². The van der Waals surface area contributed by atoms with Gasteiger partial charge in [-0.3, -0.25) is 9.48 Å². The topological polar surface area (TPSA) is 59.0 Å². The molecule has 7 heteroatoms. The van der Waals surface area contributed by atoms with E-state index in [2.05, 4.69) is 15.7 Å². The number of hydrogen-bond acceptors (Lipinski definition) is 4. The Hall–Kier alpha value is -1.89. The Morgan fingerprint density at radius 2 is 2.32 bits per heavy atom. The molecule has 3 aromatic rings. The largest absolute Gasteiger partial charge is 0.347 e. The van der Waals surface area contributed by atoms with Gasteiger partial charge in [0, 0.05) is 23.0 Å². The van der Waals surface area contributed by atoms with Crippen molar-refractivity contribution in [3.63, 3.8) is 0 Å². The molecule has 0 radical (unpaired) electrons. The highest BCUT2D eigenvalue weighted by atomic mass is 35.5. The summed E-state index contributed by atoms with van der Waals surface area (Å²) >= 11 is 7.76. The minimum Gasteiger partial charge on any atom is -0.347 e. The molecule has 1 amide bonds. The molecular formula is C18H19ClN4OS. The van der Waals surface area contributed by atoms with Gasteiger partial charge in [-0.15, -0.1) is 11.3 Å². The molecule has 1 atom stereocenters. The van der Waals surface area contributed by atoms with Crippen LogP contribution in [0.5, 0.6) is 0 Å². The van der Waals surface area contributed by atoms with E-state index in [4.69, 9.17) is 11.6 Å². The van der Waals surface area contributed by atoms with E-state index in [-0.39, 0.29) is 11.9 Å². The van der Waals surface area contributed by atoms with Gasteiger partial charge in [-0.25, -0.2) is 0 Å². The molecule has 0 saturated carbocycles. The summed E-state index contributed by atoms with van der Waals surface area (Å²) < 4.78 is 1.93. The van der Waals surface area contributed by atoms with Gasteiger partial charge in [0.25, 0.3) is 5.91 Å². The molecule has 1 saturated heterocycles. The van der Waals surface area contributed by atoms with E-state index in [1.807, 2.05) is 41.9 Å². The lowest BCUT2D eigenvalue weighted by Gasteiger charge is -2.09. The lowest BCUT2D eigenvalue weighted by molar-refractivity contribution is 0.0944. The van der Waals surface area contributed by atoms with Gasteiger partial charge in [0.2, 0.25) is 0 Å². The second-order valence-corrected chi connectivity index (χ2v) is 7.76. The maximum atomic E-state index is 12.5. The third-order valence-electron chi connectivity index (χ3n) is 4.50. The minimum atomic E-state index is -0.00130. The van der Waals surface area contributed by atoms with Crippen molar-refractivity contribution in [2.24, 2.45) is 0 Å². The van der Waals surface area contributed by atoms with Crippen LogP contribution in [0.3, 0.4) is 0 Å². The smallest absolute Gasteiger partial charge is 0.261 e. The molecule has 5 nitrogen and oxygen atoms in total. The lowest BCUT2D eigenvalue weighted by Crippen LogP contribution is -2.35. The number of amides is 1. The molecule has 3 heterocycles. The van der Waals surface area contributed by atoms with Crippen molar-refractivity contribution in [3.05, 3.63) is 51.5 Å². The van der Waals surface area contributed by atoms with E-state index < -0.39 is 0 Å². The number of fused-ring (bicyclic) bond motifs is 1. The van der Waals surface area contributed by atoms with Crippen LogP contribution in [0.1, 0.15) is 27.3 Å². The van der Waals surface area contributed by atoms with Crippen LogP contribution in [0.4, 0.5) is 0 Å². The molecule has 1 fully saturated rings. The Morgan fingerprint density at radius 3 is 3.08 bits per heavy atom.